The number of urea groups is 1. The third-order valence-corrected chi connectivity index (χ3v) is 14.8. The molecule has 0 aromatic heterocycles. The zero-order chi connectivity index (χ0) is 60.3. The van der Waals surface area contributed by atoms with E-state index in [1.54, 1.807) is 19.1 Å². The lowest BCUT2D eigenvalue weighted by Crippen LogP contribution is -2.48. The van der Waals surface area contributed by atoms with Crippen LogP contribution in [0.15, 0.2) is 132 Å². The van der Waals surface area contributed by atoms with Crippen LogP contribution in [-0.4, -0.2) is 141 Å². The van der Waals surface area contributed by atoms with E-state index in [1.807, 2.05) is 91.0 Å². The number of likely N-dealkylation sites (tertiary alicyclic amines) is 1. The van der Waals surface area contributed by atoms with Crippen molar-refractivity contribution >= 4 is 53.3 Å². The molecule has 3 atom stereocenters. The first-order valence-electron chi connectivity index (χ1n) is 29.3. The summed E-state index contributed by atoms with van der Waals surface area (Å²) >= 11 is 0. The number of benzene rings is 5. The van der Waals surface area contributed by atoms with E-state index in [1.165, 1.54) is 12.1 Å². The van der Waals surface area contributed by atoms with Crippen LogP contribution in [0.1, 0.15) is 97.9 Å². The zero-order valence-corrected chi connectivity index (χ0v) is 48.2. The molecule has 1 aliphatic heterocycles. The lowest BCUT2D eigenvalue weighted by molar-refractivity contribution is -0.129. The number of aliphatic imine (C=N–C) groups is 1. The number of anilines is 1. The van der Waals surface area contributed by atoms with Gasteiger partial charge in [-0.3, -0.25) is 28.9 Å². The highest BCUT2D eigenvalue weighted by Gasteiger charge is 2.31. The number of amides is 8. The Hall–Kier alpha value is -9.02. The fourth-order valence-electron chi connectivity index (χ4n) is 10.2. The number of guanidine groups is 1. The van der Waals surface area contributed by atoms with Gasteiger partial charge in [-0.1, -0.05) is 110 Å². The number of phenols is 1. The van der Waals surface area contributed by atoms with Crippen molar-refractivity contribution in [3.63, 3.8) is 0 Å². The largest absolute Gasteiger partial charge is 0.508 e. The van der Waals surface area contributed by atoms with Crippen LogP contribution >= 0.6 is 0 Å². The number of ether oxygens (including phenoxy) is 1. The minimum absolute atomic E-state index is 0.0852. The normalized spacial score (nSPS) is 14.3. The Labute approximate surface area is 496 Å². The van der Waals surface area contributed by atoms with Crippen molar-refractivity contribution in [2.24, 2.45) is 16.5 Å². The summed E-state index contributed by atoms with van der Waals surface area (Å²) in [5, 5.41) is 35.8. The van der Waals surface area contributed by atoms with Crippen molar-refractivity contribution in [3.05, 3.63) is 155 Å². The SMILES string of the molecule is CCC(=O)NCCNC(=O)/N=C(/N)NCCC[C@@H](NC(=O)C(c1ccccc1)c1ccc(NCCCNC(=O)[C@@H](CCCNC(=O)CN2CCC(N)CC2)NC(=O)OCC2c3ccccc3-c3ccccc32)cc1)C(=O)NCc1ccc(O)cc1. The van der Waals surface area contributed by atoms with Gasteiger partial charge in [-0.25, -0.2) is 9.59 Å². The molecule has 1 aliphatic carbocycles. The highest BCUT2D eigenvalue weighted by molar-refractivity contribution is 5.93. The van der Waals surface area contributed by atoms with Gasteiger partial charge in [-0.05, 0) is 108 Å². The van der Waals surface area contributed by atoms with Gasteiger partial charge in [-0.15, -0.1) is 0 Å². The molecule has 0 radical (unpaired) electrons. The molecular weight excluding hydrogens is 1080 g/mol. The number of carbonyl (C=O) groups excluding carboxylic acids is 7. The minimum atomic E-state index is -0.985. The Bertz CT molecular complexity index is 2980. The lowest BCUT2D eigenvalue weighted by atomic mass is 9.90. The quantitative estimate of drug-likeness (QED) is 0.0173. The Kier molecular flexibility index (Phi) is 24.9. The van der Waals surface area contributed by atoms with Gasteiger partial charge in [0.25, 0.3) is 0 Å². The fourth-order valence-corrected chi connectivity index (χ4v) is 10.2. The lowest BCUT2D eigenvalue weighted by Gasteiger charge is -2.29. The van der Waals surface area contributed by atoms with Crippen LogP contribution in [0.4, 0.5) is 15.3 Å². The maximum Gasteiger partial charge on any atom is 0.407 e. The van der Waals surface area contributed by atoms with Gasteiger partial charge < -0.3 is 69.2 Å². The van der Waals surface area contributed by atoms with Gasteiger partial charge in [0.05, 0.1) is 12.5 Å². The number of nitrogens with zero attached hydrogens (tertiary/aromatic N) is 2. The molecule has 8 amide bonds. The van der Waals surface area contributed by atoms with Gasteiger partial charge in [0.1, 0.15) is 24.4 Å². The van der Waals surface area contributed by atoms with E-state index in [2.05, 4.69) is 69.9 Å². The van der Waals surface area contributed by atoms with E-state index in [-0.39, 0.29) is 93.6 Å². The van der Waals surface area contributed by atoms with Crippen molar-refractivity contribution in [3.8, 4) is 16.9 Å². The molecule has 1 saturated heterocycles. The number of rotatable bonds is 30. The number of hydrogen-bond acceptors (Lipinski definition) is 12. The summed E-state index contributed by atoms with van der Waals surface area (Å²) in [6.45, 7) is 5.47. The number of fused-ring (bicyclic) bond motifs is 3. The molecule has 1 fully saturated rings. The van der Waals surface area contributed by atoms with Gasteiger partial charge in [0.2, 0.25) is 29.5 Å². The highest BCUT2D eigenvalue weighted by Crippen LogP contribution is 2.44. The van der Waals surface area contributed by atoms with Gasteiger partial charge in [-0.2, -0.15) is 4.99 Å². The summed E-state index contributed by atoms with van der Waals surface area (Å²) in [4.78, 5) is 97.9. The Morgan fingerprint density at radius 2 is 1.19 bits per heavy atom. The van der Waals surface area contributed by atoms with Gasteiger partial charge in [0, 0.05) is 83.0 Å². The number of nitrogens with one attached hydrogen (secondary N) is 9. The molecule has 5 aromatic carbocycles. The van der Waals surface area contributed by atoms with Crippen LogP contribution in [0, 0.1) is 0 Å². The first-order valence-corrected chi connectivity index (χ1v) is 29.3. The monoisotopic (exact) mass is 1160 g/mol. The molecule has 85 heavy (non-hydrogen) atoms. The smallest absolute Gasteiger partial charge is 0.407 e. The Morgan fingerprint density at radius 3 is 1.86 bits per heavy atom. The van der Waals surface area contributed by atoms with Crippen LogP contribution in [0.5, 0.6) is 5.75 Å². The molecule has 22 nitrogen and oxygen atoms in total. The topological polar surface area (TPSA) is 325 Å². The number of aromatic hydroxyl groups is 1. The standard InChI is InChI=1S/C63H81N13O9/c1-2-55(78)68-35-36-71-62(83)75-61(65)70-32-11-19-53(59(81)72-39-42-21-27-47(77)28-22-42)73-60(82)57(43-13-4-3-5-14-43)44-23-25-46(26-24-44)66-33-12-34-69-58(80)54(20-10-31-67-56(79)40-76-37-29-45(64)30-38-76)74-63(84)85-41-52-50-17-8-6-15-48(50)49-16-7-9-18-51(49)52/h3-9,13-18,21-28,45,52-54,57,66,77H,2,10-12,19-20,29-41,64H2,1H3,(H,67,79)(H,68,78)(H,69,80)(H,72,81)(H,73,82)(H,74,84)(H4,65,70,71,75,83)/t53-,54-,57?/m1/s1. The number of hydrogen-bond donors (Lipinski definition) is 12. The minimum Gasteiger partial charge on any atom is -0.508 e. The molecule has 2 aliphatic rings. The number of piperidine rings is 1. The molecule has 452 valence electrons. The van der Waals surface area contributed by atoms with E-state index >= 15 is 0 Å². The van der Waals surface area contributed by atoms with E-state index < -0.39 is 41.9 Å². The highest BCUT2D eigenvalue weighted by atomic mass is 16.5. The van der Waals surface area contributed by atoms with Crippen LogP contribution in [0.3, 0.4) is 0 Å². The average molecular weight is 1160 g/mol. The summed E-state index contributed by atoms with van der Waals surface area (Å²) in [7, 11) is 0. The number of alkyl carbamates (subject to hydrolysis) is 1. The van der Waals surface area contributed by atoms with Gasteiger partial charge in [0.15, 0.2) is 5.96 Å². The first-order chi connectivity index (χ1) is 41.2. The molecule has 22 heteroatoms. The second-order valence-electron chi connectivity index (χ2n) is 21.1. The second-order valence-corrected chi connectivity index (χ2v) is 21.1. The number of nitrogens with two attached hydrogens (primary N) is 2. The van der Waals surface area contributed by atoms with Crippen LogP contribution < -0.4 is 59.3 Å². The predicted octanol–water partition coefficient (Wildman–Crippen LogP) is 4.39. The average Bonchev–Trinajstić information content (AvgIpc) is 3.93. The van der Waals surface area contributed by atoms with E-state index in [4.69, 9.17) is 16.2 Å². The molecular formula is C63H81N13O9. The molecule has 7 rings (SSSR count). The maximum absolute atomic E-state index is 14.5. The molecule has 0 spiro atoms. The summed E-state index contributed by atoms with van der Waals surface area (Å²) in [5.74, 6) is -2.50. The molecule has 0 saturated carbocycles. The van der Waals surface area contributed by atoms with E-state index in [0.717, 1.165) is 59.4 Å². The molecule has 1 unspecified atom stereocenters. The summed E-state index contributed by atoms with van der Waals surface area (Å²) in [6.07, 6.45) is 3.05. The van der Waals surface area contributed by atoms with Crippen molar-refractivity contribution in [2.45, 2.75) is 94.8 Å². The maximum atomic E-state index is 14.5. The fraction of sp³-hybridized carbons (Fsp3) is 0.397. The van der Waals surface area contributed by atoms with Crippen LogP contribution in [0.2, 0.25) is 0 Å². The third kappa shape index (κ3) is 20.4. The summed E-state index contributed by atoms with van der Waals surface area (Å²) in [6, 6.07) is 36.7. The second kappa shape index (κ2) is 33.3. The predicted molar refractivity (Wildman–Crippen MR) is 326 cm³/mol. The molecule has 1 heterocycles. The summed E-state index contributed by atoms with van der Waals surface area (Å²) in [5.41, 5.74) is 19.2. The molecule has 14 N–H and O–H groups in total. The van der Waals surface area contributed by atoms with Gasteiger partial charge >= 0.3 is 12.1 Å². The van der Waals surface area contributed by atoms with Crippen molar-refractivity contribution in [1.82, 2.24) is 47.4 Å². The summed E-state index contributed by atoms with van der Waals surface area (Å²) < 4.78 is 5.82. The van der Waals surface area contributed by atoms with E-state index in [0.29, 0.717) is 56.4 Å². The number of carbonyl (C=O) groups is 7. The zero-order valence-electron chi connectivity index (χ0n) is 48.2. The number of phenolic OH excluding ortho intramolecular Hbond substituents is 1. The third-order valence-electron chi connectivity index (χ3n) is 14.8. The van der Waals surface area contributed by atoms with Crippen LogP contribution in [0.25, 0.3) is 11.1 Å². The Morgan fingerprint density at radius 1 is 0.612 bits per heavy atom. The Balaban J connectivity index is 0.921. The van der Waals surface area contributed by atoms with Crippen molar-refractivity contribution in [2.75, 3.05) is 70.8 Å². The molecule has 5 aromatic rings. The molecule has 0 bridgehead atoms. The van der Waals surface area contributed by atoms with E-state index in [9.17, 15) is 38.7 Å². The van der Waals surface area contributed by atoms with Crippen molar-refractivity contribution < 1.29 is 43.4 Å². The first kappa shape index (κ1) is 63.6. The van der Waals surface area contributed by atoms with Crippen LogP contribution in [-0.2, 0) is 35.3 Å². The van der Waals surface area contributed by atoms with Crippen molar-refractivity contribution in [1.29, 1.82) is 0 Å².